The lowest BCUT2D eigenvalue weighted by molar-refractivity contribution is -0.385. The van der Waals surface area contributed by atoms with Crippen molar-refractivity contribution in [3.05, 3.63) is 93.0 Å². The van der Waals surface area contributed by atoms with Gasteiger partial charge in [-0.1, -0.05) is 89.2 Å². The van der Waals surface area contributed by atoms with Gasteiger partial charge in [-0.3, -0.25) is 10.1 Å². The average Bonchev–Trinajstić information content (AvgIpc) is 3.02. The molecule has 0 fully saturated rings. The summed E-state index contributed by atoms with van der Waals surface area (Å²) in [6.45, 7) is 6.29. The molecule has 3 aromatic carbocycles. The zero-order valence-electron chi connectivity index (χ0n) is 26.4. The third kappa shape index (κ3) is 11.4. The first-order valence-corrected chi connectivity index (χ1v) is 16.0. The number of ether oxygens (including phenoxy) is 2. The molecule has 0 bridgehead atoms. The van der Waals surface area contributed by atoms with Crippen LogP contribution in [0.4, 0.5) is 11.4 Å². The van der Waals surface area contributed by atoms with Crippen LogP contribution < -0.4 is 15.2 Å². The molecule has 7 heteroatoms. The summed E-state index contributed by atoms with van der Waals surface area (Å²) in [5.74, 6) is 5.85. The quantitative estimate of drug-likeness (QED) is 0.0316. The summed E-state index contributed by atoms with van der Waals surface area (Å²) in [6.07, 6.45) is 13.8. The second-order valence-corrected chi connectivity index (χ2v) is 11.3. The number of nitro benzene ring substituents is 1. The Bertz CT molecular complexity index is 1400. The van der Waals surface area contributed by atoms with Crippen molar-refractivity contribution < 1.29 is 19.2 Å². The minimum atomic E-state index is -0.873. The number of anilines is 1. The average molecular weight is 599 g/mol. The highest BCUT2D eigenvalue weighted by molar-refractivity contribution is 5.97. The van der Waals surface area contributed by atoms with Gasteiger partial charge in [-0.25, -0.2) is 4.79 Å². The third-order valence-electron chi connectivity index (χ3n) is 7.53. The molecule has 0 amide bonds. The largest absolute Gasteiger partial charge is 0.488 e. The van der Waals surface area contributed by atoms with Crippen molar-refractivity contribution in [2.75, 3.05) is 5.73 Å². The van der Waals surface area contributed by atoms with Crippen molar-refractivity contribution in [2.24, 2.45) is 0 Å². The molecule has 0 saturated heterocycles. The van der Waals surface area contributed by atoms with Gasteiger partial charge in [0.15, 0.2) is 0 Å². The first kappa shape index (κ1) is 34.2. The molecule has 0 unspecified atom stereocenters. The molecule has 3 aromatic rings. The van der Waals surface area contributed by atoms with Gasteiger partial charge < -0.3 is 15.2 Å². The van der Waals surface area contributed by atoms with E-state index in [1.807, 2.05) is 19.1 Å². The number of carbonyl (C=O) groups excluding carboxylic acids is 1. The summed E-state index contributed by atoms with van der Waals surface area (Å²) in [4.78, 5) is 24.1. The van der Waals surface area contributed by atoms with E-state index in [2.05, 4.69) is 37.8 Å². The molecule has 7 nitrogen and oxygen atoms in total. The number of aryl methyl sites for hydroxylation is 1. The Morgan fingerprint density at radius 1 is 0.841 bits per heavy atom. The maximum Gasteiger partial charge on any atom is 0.350 e. The van der Waals surface area contributed by atoms with Crippen LogP contribution in [0.2, 0.25) is 0 Å². The van der Waals surface area contributed by atoms with Crippen LogP contribution in [0.25, 0.3) is 0 Å². The van der Waals surface area contributed by atoms with Crippen LogP contribution in [-0.2, 0) is 6.42 Å². The summed E-state index contributed by atoms with van der Waals surface area (Å²) in [5.41, 5.74) is 8.62. The number of nitro groups is 1. The fraction of sp³-hybridized carbons (Fsp3) is 0.432. The van der Waals surface area contributed by atoms with Gasteiger partial charge in [0.2, 0.25) is 0 Å². The molecule has 0 aromatic heterocycles. The number of hydrogen-bond donors (Lipinski definition) is 1. The van der Waals surface area contributed by atoms with Crippen LogP contribution in [0.15, 0.2) is 60.7 Å². The lowest BCUT2D eigenvalue weighted by Crippen LogP contribution is -2.15. The molecule has 0 heterocycles. The second kappa shape index (κ2) is 18.4. The van der Waals surface area contributed by atoms with Gasteiger partial charge in [-0.15, -0.1) is 0 Å². The minimum absolute atomic E-state index is 0.143. The fourth-order valence-corrected chi connectivity index (χ4v) is 4.91. The van der Waals surface area contributed by atoms with E-state index in [1.165, 1.54) is 56.2 Å². The Morgan fingerprint density at radius 3 is 2.02 bits per heavy atom. The number of nitrogens with two attached hydrogens (primary N) is 1. The highest BCUT2D eigenvalue weighted by atomic mass is 16.6. The number of carbonyl (C=O) groups is 1. The van der Waals surface area contributed by atoms with Crippen molar-refractivity contribution in [1.82, 2.24) is 0 Å². The van der Waals surface area contributed by atoms with Crippen molar-refractivity contribution >= 4 is 17.3 Å². The highest BCUT2D eigenvalue weighted by Crippen LogP contribution is 2.33. The molecule has 1 atom stereocenters. The molecular formula is C37H46N2O5. The Labute approximate surface area is 262 Å². The molecule has 0 aliphatic rings. The van der Waals surface area contributed by atoms with Crippen LogP contribution >= 0.6 is 0 Å². The number of nitrogen functional groups attached to an aromatic ring is 1. The Morgan fingerprint density at radius 2 is 1.41 bits per heavy atom. The lowest BCUT2D eigenvalue weighted by Gasteiger charge is -2.17. The van der Waals surface area contributed by atoms with E-state index in [0.717, 1.165) is 49.7 Å². The van der Waals surface area contributed by atoms with Gasteiger partial charge in [-0.2, -0.15) is 0 Å². The second-order valence-electron chi connectivity index (χ2n) is 11.3. The normalized spacial score (nSPS) is 11.3. The number of hydrogen-bond acceptors (Lipinski definition) is 6. The predicted octanol–water partition coefficient (Wildman–Crippen LogP) is 9.44. The summed E-state index contributed by atoms with van der Waals surface area (Å²) in [7, 11) is 0. The zero-order valence-corrected chi connectivity index (χ0v) is 26.4. The van der Waals surface area contributed by atoms with E-state index in [0.29, 0.717) is 0 Å². The zero-order chi connectivity index (χ0) is 31.7. The molecule has 3 rings (SSSR count). The number of rotatable bonds is 17. The van der Waals surface area contributed by atoms with E-state index in [1.54, 1.807) is 24.3 Å². The topological polar surface area (TPSA) is 105 Å². The van der Waals surface area contributed by atoms with E-state index < -0.39 is 16.6 Å². The molecule has 0 radical (unpaired) electrons. The molecule has 234 valence electrons. The molecule has 0 saturated carbocycles. The molecule has 2 N–H and O–H groups in total. The summed E-state index contributed by atoms with van der Waals surface area (Å²) >= 11 is 0. The highest BCUT2D eigenvalue weighted by Gasteiger charge is 2.25. The molecule has 0 spiro atoms. The number of unbranched alkanes of at least 4 members (excludes halogenated alkanes) is 8. The third-order valence-corrected chi connectivity index (χ3v) is 7.53. The number of esters is 1. The standard InChI is InChI=1S/C37H46N2O5/c1-4-6-8-10-11-13-15-29-16-18-30(19-17-29)20-21-31-22-24-32(25-23-31)44-37(40)33-26-34(38)36(27-35(33)39(41)42)43-28(3)14-12-9-7-5-2/h16-19,22-28H,4-15,38H2,1-3H3/t28-/m1/s1. The smallest absolute Gasteiger partial charge is 0.350 e. The van der Waals surface area contributed by atoms with E-state index in [-0.39, 0.29) is 28.9 Å². The van der Waals surface area contributed by atoms with Crippen LogP contribution in [0, 0.1) is 22.0 Å². The lowest BCUT2D eigenvalue weighted by atomic mass is 10.0. The van der Waals surface area contributed by atoms with Gasteiger partial charge in [0.1, 0.15) is 17.1 Å². The first-order valence-electron chi connectivity index (χ1n) is 16.0. The van der Waals surface area contributed by atoms with Crippen LogP contribution in [0.3, 0.4) is 0 Å². The maximum atomic E-state index is 12.9. The van der Waals surface area contributed by atoms with Crippen LogP contribution in [-0.4, -0.2) is 17.0 Å². The molecule has 44 heavy (non-hydrogen) atoms. The Hall–Kier alpha value is -4.31. The SMILES string of the molecule is CCCCCCCCc1ccc(C#Cc2ccc(OC(=O)c3cc(N)c(O[C@H](C)CCCCCC)cc3[N+](=O)[O-])cc2)cc1. The maximum absolute atomic E-state index is 12.9. The number of benzene rings is 3. The van der Waals surface area contributed by atoms with Crippen molar-refractivity contribution in [3.63, 3.8) is 0 Å². The van der Waals surface area contributed by atoms with Crippen molar-refractivity contribution in [2.45, 2.75) is 104 Å². The summed E-state index contributed by atoms with van der Waals surface area (Å²) in [6, 6.07) is 17.5. The predicted molar refractivity (Wildman–Crippen MR) is 177 cm³/mol. The van der Waals surface area contributed by atoms with Crippen molar-refractivity contribution in [3.8, 4) is 23.3 Å². The molecular weight excluding hydrogens is 552 g/mol. The Balaban J connectivity index is 1.58. The van der Waals surface area contributed by atoms with E-state index in [9.17, 15) is 14.9 Å². The fourth-order valence-electron chi connectivity index (χ4n) is 4.91. The molecule has 0 aliphatic heterocycles. The van der Waals surface area contributed by atoms with Gasteiger partial charge in [0.25, 0.3) is 5.69 Å². The van der Waals surface area contributed by atoms with Crippen LogP contribution in [0.5, 0.6) is 11.5 Å². The molecule has 0 aliphatic carbocycles. The first-order chi connectivity index (χ1) is 21.3. The summed E-state index contributed by atoms with van der Waals surface area (Å²) in [5, 5.41) is 11.8. The van der Waals surface area contributed by atoms with Gasteiger partial charge in [-0.05, 0) is 80.6 Å². The van der Waals surface area contributed by atoms with E-state index >= 15 is 0 Å². The minimum Gasteiger partial charge on any atom is -0.488 e. The van der Waals surface area contributed by atoms with Gasteiger partial charge >= 0.3 is 5.97 Å². The van der Waals surface area contributed by atoms with E-state index in [4.69, 9.17) is 15.2 Å². The monoisotopic (exact) mass is 598 g/mol. The van der Waals surface area contributed by atoms with Gasteiger partial charge in [0, 0.05) is 11.1 Å². The van der Waals surface area contributed by atoms with Crippen molar-refractivity contribution in [1.29, 1.82) is 0 Å². The van der Waals surface area contributed by atoms with Gasteiger partial charge in [0.05, 0.1) is 22.8 Å². The number of nitrogens with zero attached hydrogens (tertiary/aromatic N) is 1. The summed E-state index contributed by atoms with van der Waals surface area (Å²) < 4.78 is 11.3. The van der Waals surface area contributed by atoms with Crippen LogP contribution in [0.1, 0.15) is 118 Å². The Kier molecular flexibility index (Phi) is 14.3.